The topological polar surface area (TPSA) is 97.7 Å². The van der Waals surface area contributed by atoms with Gasteiger partial charge in [-0.15, -0.1) is 0 Å². The Morgan fingerprint density at radius 1 is 1.17 bits per heavy atom. The third-order valence-electron chi connectivity index (χ3n) is 3.68. The minimum Gasteiger partial charge on any atom is -0.400 e. The Labute approximate surface area is 142 Å². The summed E-state index contributed by atoms with van der Waals surface area (Å²) in [5, 5.41) is 14.2. The van der Waals surface area contributed by atoms with E-state index in [1.54, 1.807) is 0 Å². The van der Waals surface area contributed by atoms with Crippen molar-refractivity contribution in [1.29, 1.82) is 0 Å². The Balaban J connectivity index is 2.03. The molecule has 0 aromatic carbocycles. The second-order valence-corrected chi connectivity index (χ2v) is 5.80. The number of nitro groups is 1. The molecule has 7 nitrogen and oxygen atoms in total. The molecule has 0 aliphatic carbocycles. The number of nitrogens with one attached hydrogen (secondary N) is 1. The van der Waals surface area contributed by atoms with E-state index in [0.29, 0.717) is 6.42 Å². The molecule has 0 aliphatic rings. The van der Waals surface area contributed by atoms with Crippen molar-refractivity contribution in [2.75, 3.05) is 0 Å². The first-order chi connectivity index (χ1) is 11.6. The zero-order chi connectivity index (χ0) is 17.6. The highest BCUT2D eigenvalue weighted by atomic mass is 16.6. The maximum Gasteiger partial charge on any atom is 0.433 e. The fourth-order valence-electron chi connectivity index (χ4n) is 2.33. The summed E-state index contributed by atoms with van der Waals surface area (Å²) in [6.07, 6.45) is 12.5. The maximum absolute atomic E-state index is 11.6. The van der Waals surface area contributed by atoms with Gasteiger partial charge in [0.25, 0.3) is 0 Å². The molecule has 1 aromatic heterocycles. The van der Waals surface area contributed by atoms with Gasteiger partial charge in [-0.2, -0.15) is 5.10 Å². The average Bonchev–Trinajstić information content (AvgIpc) is 3.02. The molecule has 1 heterocycles. The number of carbonyl (C=O) groups excluding carboxylic acids is 1. The lowest BCUT2D eigenvalue weighted by Gasteiger charge is -2.02. The van der Waals surface area contributed by atoms with Gasteiger partial charge in [-0.25, -0.2) is 5.43 Å². The number of carbonyl (C=O) groups is 1. The maximum atomic E-state index is 11.6. The van der Waals surface area contributed by atoms with E-state index in [2.05, 4.69) is 17.5 Å². The van der Waals surface area contributed by atoms with E-state index in [4.69, 9.17) is 4.42 Å². The predicted octanol–water partition coefficient (Wildman–Crippen LogP) is 4.56. The van der Waals surface area contributed by atoms with Gasteiger partial charge in [-0.05, 0) is 12.5 Å². The molecule has 0 atom stereocenters. The van der Waals surface area contributed by atoms with Gasteiger partial charge in [0.1, 0.15) is 4.92 Å². The zero-order valence-electron chi connectivity index (χ0n) is 14.3. The molecule has 0 saturated heterocycles. The van der Waals surface area contributed by atoms with E-state index in [0.717, 1.165) is 12.8 Å². The third-order valence-corrected chi connectivity index (χ3v) is 3.68. The number of amides is 1. The average molecular weight is 337 g/mol. The Morgan fingerprint density at radius 2 is 1.79 bits per heavy atom. The third kappa shape index (κ3) is 9.07. The van der Waals surface area contributed by atoms with Crippen LogP contribution in [-0.2, 0) is 4.79 Å². The lowest BCUT2D eigenvalue weighted by molar-refractivity contribution is -0.402. The molecule has 0 aliphatic heterocycles. The predicted molar refractivity (Wildman–Crippen MR) is 92.9 cm³/mol. The summed E-state index contributed by atoms with van der Waals surface area (Å²) < 4.78 is 4.89. The van der Waals surface area contributed by atoms with Gasteiger partial charge in [0.15, 0.2) is 5.76 Å². The molecule has 7 heteroatoms. The van der Waals surface area contributed by atoms with Gasteiger partial charge in [0.05, 0.1) is 12.3 Å². The largest absolute Gasteiger partial charge is 0.433 e. The van der Waals surface area contributed by atoms with Crippen molar-refractivity contribution >= 4 is 18.0 Å². The fraction of sp³-hybridized carbons (Fsp3) is 0.647. The Hall–Kier alpha value is -2.18. The second kappa shape index (κ2) is 12.3. The van der Waals surface area contributed by atoms with Crippen molar-refractivity contribution in [2.24, 2.45) is 5.10 Å². The molecule has 0 bridgehead atoms. The first kappa shape index (κ1) is 19.9. The van der Waals surface area contributed by atoms with Gasteiger partial charge >= 0.3 is 5.88 Å². The standard InChI is InChI=1S/C17H27N3O4/c1-2-3-4-5-6-7-8-9-10-11-16(21)19-18-14-15-12-13-17(24-15)20(22)23/h12-14H,2-11H2,1H3,(H,19,21)/b18-14-. The molecule has 1 rings (SSSR count). The summed E-state index contributed by atoms with van der Waals surface area (Å²) in [6.45, 7) is 2.22. The first-order valence-corrected chi connectivity index (χ1v) is 8.69. The molecule has 1 aromatic rings. The van der Waals surface area contributed by atoms with Crippen LogP contribution in [0.5, 0.6) is 0 Å². The summed E-state index contributed by atoms with van der Waals surface area (Å²) in [6, 6.07) is 2.67. The minimum atomic E-state index is -0.625. The van der Waals surface area contributed by atoms with Crippen molar-refractivity contribution in [1.82, 2.24) is 5.43 Å². The Bertz CT molecular complexity index is 526. The molecular weight excluding hydrogens is 310 g/mol. The highest BCUT2D eigenvalue weighted by Gasteiger charge is 2.10. The van der Waals surface area contributed by atoms with Gasteiger partial charge in [-0.3, -0.25) is 14.9 Å². The van der Waals surface area contributed by atoms with Crippen LogP contribution in [0.4, 0.5) is 5.88 Å². The zero-order valence-corrected chi connectivity index (χ0v) is 14.3. The Morgan fingerprint density at radius 3 is 2.38 bits per heavy atom. The summed E-state index contributed by atoms with van der Waals surface area (Å²) in [4.78, 5) is 21.4. The van der Waals surface area contributed by atoms with Gasteiger partial charge in [-0.1, -0.05) is 58.3 Å². The number of hydrogen-bond donors (Lipinski definition) is 1. The fourth-order valence-corrected chi connectivity index (χ4v) is 2.33. The van der Waals surface area contributed by atoms with Crippen molar-refractivity contribution in [3.05, 3.63) is 28.0 Å². The van der Waals surface area contributed by atoms with E-state index >= 15 is 0 Å². The SMILES string of the molecule is CCCCCCCCCCCC(=O)N/N=C\c1ccc([N+](=O)[O-])o1. The molecule has 0 radical (unpaired) electrons. The van der Waals surface area contributed by atoms with Crippen LogP contribution in [0.3, 0.4) is 0 Å². The van der Waals surface area contributed by atoms with Crippen LogP contribution in [0.25, 0.3) is 0 Å². The lowest BCUT2D eigenvalue weighted by Crippen LogP contribution is -2.16. The molecule has 1 amide bonds. The highest BCUT2D eigenvalue weighted by Crippen LogP contribution is 2.13. The molecule has 0 saturated carbocycles. The molecule has 1 N–H and O–H groups in total. The van der Waals surface area contributed by atoms with Crippen LogP contribution in [0.1, 0.15) is 76.9 Å². The van der Waals surface area contributed by atoms with Gasteiger partial charge in [0, 0.05) is 6.42 Å². The van der Waals surface area contributed by atoms with E-state index < -0.39 is 4.92 Å². The number of furan rings is 1. The summed E-state index contributed by atoms with van der Waals surface area (Å²) >= 11 is 0. The van der Waals surface area contributed by atoms with Gasteiger partial charge in [0.2, 0.25) is 5.91 Å². The van der Waals surface area contributed by atoms with Crippen molar-refractivity contribution < 1.29 is 14.1 Å². The van der Waals surface area contributed by atoms with Crippen LogP contribution < -0.4 is 5.43 Å². The van der Waals surface area contributed by atoms with Crippen LogP contribution in [0.2, 0.25) is 0 Å². The van der Waals surface area contributed by atoms with Gasteiger partial charge < -0.3 is 4.42 Å². The van der Waals surface area contributed by atoms with Crippen LogP contribution >= 0.6 is 0 Å². The van der Waals surface area contributed by atoms with Crippen molar-refractivity contribution in [2.45, 2.75) is 71.1 Å². The summed E-state index contributed by atoms with van der Waals surface area (Å²) in [5.74, 6) is -0.280. The van der Waals surface area contributed by atoms with E-state index in [-0.39, 0.29) is 17.6 Å². The van der Waals surface area contributed by atoms with Crippen molar-refractivity contribution in [3.8, 4) is 0 Å². The number of hydrazone groups is 1. The quantitative estimate of drug-likeness (QED) is 0.247. The highest BCUT2D eigenvalue weighted by molar-refractivity contribution is 5.80. The monoisotopic (exact) mass is 337 g/mol. The van der Waals surface area contributed by atoms with Crippen LogP contribution in [0.15, 0.2) is 21.7 Å². The number of rotatable bonds is 13. The first-order valence-electron chi connectivity index (χ1n) is 8.69. The molecule has 0 fully saturated rings. The van der Waals surface area contributed by atoms with Crippen LogP contribution in [0, 0.1) is 10.1 Å². The molecule has 134 valence electrons. The summed E-state index contributed by atoms with van der Waals surface area (Å²) in [5.41, 5.74) is 2.40. The lowest BCUT2D eigenvalue weighted by atomic mass is 10.1. The number of nitrogens with zero attached hydrogens (tertiary/aromatic N) is 2. The molecule has 0 spiro atoms. The Kier molecular flexibility index (Phi) is 10.2. The van der Waals surface area contributed by atoms with E-state index in [1.807, 2.05) is 0 Å². The summed E-state index contributed by atoms with van der Waals surface area (Å²) in [7, 11) is 0. The number of unbranched alkanes of at least 4 members (excludes halogenated alkanes) is 8. The molecule has 0 unspecified atom stereocenters. The molecule has 24 heavy (non-hydrogen) atoms. The normalized spacial score (nSPS) is 11.0. The smallest absolute Gasteiger partial charge is 0.400 e. The molecular formula is C17H27N3O4. The second-order valence-electron chi connectivity index (χ2n) is 5.80. The minimum absolute atomic E-state index is 0.157. The van der Waals surface area contributed by atoms with Crippen molar-refractivity contribution in [3.63, 3.8) is 0 Å². The van der Waals surface area contributed by atoms with Crippen LogP contribution in [-0.4, -0.2) is 17.0 Å². The van der Waals surface area contributed by atoms with E-state index in [1.165, 1.54) is 63.3 Å². The van der Waals surface area contributed by atoms with E-state index in [9.17, 15) is 14.9 Å². The number of hydrogen-bond acceptors (Lipinski definition) is 5.